The van der Waals surface area contributed by atoms with Crippen LogP contribution in [0.2, 0.25) is 0 Å². The van der Waals surface area contributed by atoms with Gasteiger partial charge in [-0.15, -0.1) is 0 Å². The summed E-state index contributed by atoms with van der Waals surface area (Å²) in [5, 5.41) is 6.57. The van der Waals surface area contributed by atoms with E-state index in [1.807, 2.05) is 0 Å². The minimum atomic E-state index is 1.01. The SMILES string of the molecule is Cc1ccc(N(c2ccc(C)cc2)c2ccc(-c3cc4c(N(c5ccc(C)cc5)c5ccc(C)cc5)cc(N(c5ccc(C)cc5)c5ccc(C)cc5)c5c(-c6ccc(N(c7ccc(C)cc7)c7ccc(C)cc7)cc6)cc6c(N(c7ccc(C)cc7)c7ccc(C)cc7)cc(N(c7ccc(C)cc7)c7ccc(C)cc7)c3c6c45)cc2)cc1. The predicted octanol–water partition coefficient (Wildman–Crippen LogP) is 32.4. The third-order valence-electron chi connectivity index (χ3n) is 23.4. The first kappa shape index (κ1) is 75.2. The van der Waals surface area contributed by atoms with Crippen LogP contribution in [0.15, 0.2) is 364 Å². The number of hydrogen-bond acceptors (Lipinski definition) is 6. The molecule has 0 atom stereocenters. The average Bonchev–Trinajstić information content (AvgIpc) is 0.683. The molecule has 574 valence electrons. The number of nitrogens with zero attached hydrogens (tertiary/aromatic N) is 6. The van der Waals surface area contributed by atoms with Crippen molar-refractivity contribution in [1.29, 1.82) is 0 Å². The van der Waals surface area contributed by atoms with Crippen molar-refractivity contribution in [2.75, 3.05) is 29.4 Å². The fraction of sp³-hybridized carbons (Fsp3) is 0.107. The number of benzene rings is 18. The second-order valence-electron chi connectivity index (χ2n) is 32.4. The highest BCUT2D eigenvalue weighted by atomic mass is 15.2. The molecule has 0 heterocycles. The molecule has 0 saturated heterocycles. The smallest absolute Gasteiger partial charge is 0.0567 e. The van der Waals surface area contributed by atoms with E-state index < -0.39 is 0 Å². The first-order valence-electron chi connectivity index (χ1n) is 41.1. The fourth-order valence-corrected chi connectivity index (χ4v) is 16.8. The maximum absolute atomic E-state index is 2.57. The Morgan fingerprint density at radius 1 is 0.127 bits per heavy atom. The zero-order chi connectivity index (χ0) is 81.0. The van der Waals surface area contributed by atoms with E-state index in [0.717, 1.165) is 157 Å². The number of hydrogen-bond donors (Lipinski definition) is 0. The van der Waals surface area contributed by atoms with Gasteiger partial charge in [-0.3, -0.25) is 0 Å². The van der Waals surface area contributed by atoms with Crippen molar-refractivity contribution < 1.29 is 0 Å². The summed E-state index contributed by atoms with van der Waals surface area (Å²) in [6, 6.07) is 138. The van der Waals surface area contributed by atoms with Crippen LogP contribution in [-0.2, 0) is 0 Å². The normalized spacial score (nSPS) is 11.4. The highest BCUT2D eigenvalue weighted by Crippen LogP contribution is 2.60. The van der Waals surface area contributed by atoms with Crippen molar-refractivity contribution in [3.63, 3.8) is 0 Å². The lowest BCUT2D eigenvalue weighted by molar-refractivity contribution is 1.25. The third kappa shape index (κ3) is 14.6. The Labute approximate surface area is 695 Å². The molecule has 0 aromatic heterocycles. The molecule has 0 aliphatic carbocycles. The lowest BCUT2D eigenvalue weighted by atomic mass is 9.82. The van der Waals surface area contributed by atoms with Crippen molar-refractivity contribution in [2.24, 2.45) is 0 Å². The summed E-state index contributed by atoms with van der Waals surface area (Å²) in [4.78, 5) is 14.9. The van der Waals surface area contributed by atoms with Crippen LogP contribution in [0.1, 0.15) is 66.8 Å². The highest BCUT2D eigenvalue weighted by Gasteiger charge is 2.34. The van der Waals surface area contributed by atoms with E-state index in [1.54, 1.807) is 0 Å². The van der Waals surface area contributed by atoms with Crippen LogP contribution in [0.3, 0.4) is 0 Å². The topological polar surface area (TPSA) is 19.4 Å². The van der Waals surface area contributed by atoms with E-state index in [0.29, 0.717) is 0 Å². The molecule has 0 radical (unpaired) electrons. The molecule has 0 spiro atoms. The Morgan fingerprint density at radius 2 is 0.263 bits per heavy atom. The summed E-state index contributed by atoms with van der Waals surface area (Å²) in [5.74, 6) is 0. The van der Waals surface area contributed by atoms with Gasteiger partial charge in [-0.25, -0.2) is 0 Å². The Balaban J connectivity index is 1.08. The van der Waals surface area contributed by atoms with Gasteiger partial charge in [0.1, 0.15) is 0 Å². The molecule has 0 N–H and O–H groups in total. The van der Waals surface area contributed by atoms with E-state index in [4.69, 9.17) is 0 Å². The standard InChI is InChI=1S/C112H96N6/c1-73-13-41-87(42-14-73)113(88-43-15-74(2)16-44-88)91-65-37-85(38-66-91)101-69-103-105(115(93-49-21-77(5)22-50-93)94-51-23-78(6)24-52-94)72-108(118(99-61-33-83(11)34-62-99)100-63-35-84(12)36-64-100)110-102(86-39-67-92(68-40-86)114(89-45-17-75(3)18-46-89)90-47-19-76(4)20-48-90)70-104-106(116(95-53-25-79(7)26-54-95)96-55-27-80(8)28-56-96)71-107(109(101)111(104)112(103)110)117(97-57-29-81(9)30-58-97)98-59-31-82(10)32-60-98/h13-72H,1-12H3. The van der Waals surface area contributed by atoms with Crippen LogP contribution in [0.5, 0.6) is 0 Å². The maximum atomic E-state index is 2.57. The van der Waals surface area contributed by atoms with Gasteiger partial charge in [-0.2, -0.15) is 0 Å². The van der Waals surface area contributed by atoms with E-state index in [9.17, 15) is 0 Å². The molecule has 0 aliphatic heterocycles. The molecule has 18 aromatic rings. The monoisotopic (exact) mass is 1520 g/mol. The van der Waals surface area contributed by atoms with Crippen molar-refractivity contribution in [3.8, 4) is 22.3 Å². The Bertz CT molecular complexity index is 5940. The third-order valence-corrected chi connectivity index (χ3v) is 23.4. The van der Waals surface area contributed by atoms with Crippen LogP contribution in [0.4, 0.5) is 102 Å². The van der Waals surface area contributed by atoms with E-state index in [2.05, 4.69) is 476 Å². The second-order valence-corrected chi connectivity index (χ2v) is 32.4. The van der Waals surface area contributed by atoms with Gasteiger partial charge in [0.15, 0.2) is 0 Å². The number of rotatable bonds is 20. The average molecular weight is 1530 g/mol. The molecule has 18 aromatic carbocycles. The van der Waals surface area contributed by atoms with Crippen LogP contribution >= 0.6 is 0 Å². The zero-order valence-corrected chi connectivity index (χ0v) is 69.3. The molecule has 6 heteroatoms. The summed E-state index contributed by atoms with van der Waals surface area (Å²) >= 11 is 0. The molecular formula is C112H96N6. The van der Waals surface area contributed by atoms with E-state index >= 15 is 0 Å². The Morgan fingerprint density at radius 3 is 0.424 bits per heavy atom. The van der Waals surface area contributed by atoms with Gasteiger partial charge in [0, 0.05) is 112 Å². The van der Waals surface area contributed by atoms with E-state index in [1.165, 1.54) is 66.8 Å². The van der Waals surface area contributed by atoms with Crippen LogP contribution in [-0.4, -0.2) is 0 Å². The lowest BCUT2D eigenvalue weighted by Crippen LogP contribution is -2.17. The number of aryl methyl sites for hydroxylation is 12. The summed E-state index contributed by atoms with van der Waals surface area (Å²) < 4.78 is 0. The summed E-state index contributed by atoms with van der Waals surface area (Å²) in [6.45, 7) is 26.1. The molecule has 0 bridgehead atoms. The van der Waals surface area contributed by atoms with Gasteiger partial charge in [0.2, 0.25) is 0 Å². The molecule has 0 amide bonds. The van der Waals surface area contributed by atoms with Crippen LogP contribution in [0, 0.1) is 83.1 Å². The molecule has 0 aliphatic rings. The number of anilines is 18. The minimum Gasteiger partial charge on any atom is -0.311 e. The Hall–Kier alpha value is -14.2. The molecular weight excluding hydrogens is 1430 g/mol. The van der Waals surface area contributed by atoms with Crippen molar-refractivity contribution in [3.05, 3.63) is 431 Å². The molecule has 0 unspecified atom stereocenters. The molecule has 0 fully saturated rings. The minimum absolute atomic E-state index is 1.01. The summed E-state index contributed by atoms with van der Waals surface area (Å²) in [6.07, 6.45) is 0. The van der Waals surface area contributed by atoms with Crippen molar-refractivity contribution >= 4 is 135 Å². The molecule has 0 saturated carbocycles. The summed E-state index contributed by atoms with van der Waals surface area (Å²) in [5.41, 5.74) is 37.2. The van der Waals surface area contributed by atoms with Gasteiger partial charge >= 0.3 is 0 Å². The first-order valence-corrected chi connectivity index (χ1v) is 41.1. The van der Waals surface area contributed by atoms with Gasteiger partial charge in [0.05, 0.1) is 22.7 Å². The molecule has 6 nitrogen and oxygen atoms in total. The fourth-order valence-electron chi connectivity index (χ4n) is 16.8. The second kappa shape index (κ2) is 31.5. The zero-order valence-electron chi connectivity index (χ0n) is 69.3. The highest BCUT2D eigenvalue weighted by molar-refractivity contribution is 6.38. The van der Waals surface area contributed by atoms with Crippen molar-refractivity contribution in [2.45, 2.75) is 83.1 Å². The van der Waals surface area contributed by atoms with Crippen LogP contribution < -0.4 is 29.4 Å². The summed E-state index contributed by atoms with van der Waals surface area (Å²) in [7, 11) is 0. The van der Waals surface area contributed by atoms with E-state index in [-0.39, 0.29) is 0 Å². The Kier molecular flexibility index (Phi) is 20.1. The van der Waals surface area contributed by atoms with Crippen LogP contribution in [0.25, 0.3) is 54.6 Å². The predicted molar refractivity (Wildman–Crippen MR) is 506 cm³/mol. The van der Waals surface area contributed by atoms with Crippen molar-refractivity contribution in [1.82, 2.24) is 0 Å². The van der Waals surface area contributed by atoms with Gasteiger partial charge in [-0.05, 0) is 299 Å². The quantitative estimate of drug-likeness (QED) is 0.0704. The largest absolute Gasteiger partial charge is 0.311 e. The van der Waals surface area contributed by atoms with Gasteiger partial charge in [-0.1, -0.05) is 237 Å². The first-order chi connectivity index (χ1) is 57.4. The lowest BCUT2D eigenvalue weighted by Gasteiger charge is -2.36. The maximum Gasteiger partial charge on any atom is 0.0567 e. The van der Waals surface area contributed by atoms with Gasteiger partial charge in [0.25, 0.3) is 0 Å². The molecule has 18 rings (SSSR count). The van der Waals surface area contributed by atoms with Gasteiger partial charge < -0.3 is 29.4 Å². The molecule has 118 heavy (non-hydrogen) atoms.